The van der Waals surface area contributed by atoms with E-state index in [1.54, 1.807) is 20.8 Å². The van der Waals surface area contributed by atoms with Crippen LogP contribution in [0.25, 0.3) is 0 Å². The highest BCUT2D eigenvalue weighted by Crippen LogP contribution is 2.14. The molecule has 7 heteroatoms. The number of nitrogens with two attached hydrogens (primary N) is 1. The molecule has 98 valence electrons. The Hall–Kier alpha value is -1.34. The maximum atomic E-state index is 11.9. The molecule has 1 aliphatic rings. The third-order valence-electron chi connectivity index (χ3n) is 2.20. The van der Waals surface area contributed by atoms with Crippen molar-refractivity contribution in [3.8, 4) is 0 Å². The average Bonchev–Trinajstić information content (AvgIpc) is 2.25. The summed E-state index contributed by atoms with van der Waals surface area (Å²) in [4.78, 5) is 24.7. The zero-order valence-electron chi connectivity index (χ0n) is 10.4. The predicted octanol–water partition coefficient (Wildman–Crippen LogP) is -0.388. The number of hydrogen-bond donors (Lipinski definition) is 2. The van der Waals surface area contributed by atoms with Gasteiger partial charge in [-0.05, 0) is 20.8 Å². The molecule has 1 atom stereocenters. The second kappa shape index (κ2) is 5.33. The molecule has 1 aliphatic heterocycles. The van der Waals surface area contributed by atoms with Crippen molar-refractivity contribution in [2.75, 3.05) is 19.8 Å². The fraction of sp³-hybridized carbons (Fsp3) is 0.800. The molecule has 1 heterocycles. The first-order chi connectivity index (χ1) is 7.85. The van der Waals surface area contributed by atoms with Gasteiger partial charge in [-0.2, -0.15) is 0 Å². The first kappa shape index (κ1) is 13.7. The second-order valence-electron chi connectivity index (χ2n) is 4.77. The highest BCUT2D eigenvalue weighted by atomic mass is 16.6. The number of rotatable bonds is 1. The van der Waals surface area contributed by atoms with E-state index >= 15 is 0 Å². The molecule has 0 spiro atoms. The van der Waals surface area contributed by atoms with Crippen molar-refractivity contribution >= 4 is 12.0 Å². The smallest absolute Gasteiger partial charge is 0.411 e. The molecule has 0 aromatic rings. The molecule has 1 fully saturated rings. The Kier molecular flexibility index (Phi) is 4.30. The Balaban J connectivity index is 2.71. The summed E-state index contributed by atoms with van der Waals surface area (Å²) >= 11 is 0. The van der Waals surface area contributed by atoms with E-state index in [1.165, 1.54) is 4.90 Å². The number of carbonyl (C=O) groups excluding carboxylic acids is 2. The van der Waals surface area contributed by atoms with Crippen LogP contribution in [0.4, 0.5) is 4.79 Å². The van der Waals surface area contributed by atoms with E-state index in [2.05, 4.69) is 0 Å². The van der Waals surface area contributed by atoms with Gasteiger partial charge in [-0.1, -0.05) is 0 Å². The second-order valence-corrected chi connectivity index (χ2v) is 4.77. The first-order valence-electron chi connectivity index (χ1n) is 5.43. The lowest BCUT2D eigenvalue weighted by molar-refractivity contribution is -0.132. The van der Waals surface area contributed by atoms with Gasteiger partial charge in [0.15, 0.2) is 0 Å². The number of morpholine rings is 1. The number of hydrogen-bond acceptors (Lipinski definition) is 5. The van der Waals surface area contributed by atoms with E-state index in [1.807, 2.05) is 5.43 Å². The Morgan fingerprint density at radius 2 is 2.12 bits per heavy atom. The van der Waals surface area contributed by atoms with Gasteiger partial charge in [0, 0.05) is 6.54 Å². The van der Waals surface area contributed by atoms with Crippen molar-refractivity contribution in [1.82, 2.24) is 10.3 Å². The molecule has 7 nitrogen and oxygen atoms in total. The predicted molar refractivity (Wildman–Crippen MR) is 59.9 cm³/mol. The van der Waals surface area contributed by atoms with Gasteiger partial charge in [0.05, 0.1) is 13.2 Å². The van der Waals surface area contributed by atoms with Crippen LogP contribution in [0.5, 0.6) is 0 Å². The van der Waals surface area contributed by atoms with Crippen LogP contribution in [0.3, 0.4) is 0 Å². The van der Waals surface area contributed by atoms with E-state index in [4.69, 9.17) is 15.3 Å². The monoisotopic (exact) mass is 245 g/mol. The first-order valence-corrected chi connectivity index (χ1v) is 5.43. The van der Waals surface area contributed by atoms with E-state index in [-0.39, 0.29) is 6.61 Å². The zero-order valence-corrected chi connectivity index (χ0v) is 10.4. The fourth-order valence-electron chi connectivity index (χ4n) is 1.46. The number of hydrazine groups is 1. The summed E-state index contributed by atoms with van der Waals surface area (Å²) in [5, 5.41) is 0. The van der Waals surface area contributed by atoms with E-state index in [0.717, 1.165) is 0 Å². The summed E-state index contributed by atoms with van der Waals surface area (Å²) in [6, 6.07) is -0.733. The van der Waals surface area contributed by atoms with Crippen molar-refractivity contribution in [3.05, 3.63) is 0 Å². The molecule has 0 aromatic carbocycles. The molecule has 1 saturated heterocycles. The summed E-state index contributed by atoms with van der Waals surface area (Å²) in [6.07, 6.45) is -0.533. The van der Waals surface area contributed by atoms with Crippen molar-refractivity contribution < 1.29 is 19.1 Å². The molecule has 0 aromatic heterocycles. The van der Waals surface area contributed by atoms with E-state index < -0.39 is 23.6 Å². The third kappa shape index (κ3) is 3.86. The summed E-state index contributed by atoms with van der Waals surface area (Å²) in [5.74, 6) is 4.60. The van der Waals surface area contributed by atoms with Crippen molar-refractivity contribution in [1.29, 1.82) is 0 Å². The minimum atomic E-state index is -0.733. The maximum absolute atomic E-state index is 11.9. The number of ether oxygens (including phenoxy) is 2. The number of nitrogens with zero attached hydrogens (tertiary/aromatic N) is 1. The highest BCUT2D eigenvalue weighted by molar-refractivity contribution is 5.85. The van der Waals surface area contributed by atoms with Crippen molar-refractivity contribution in [3.63, 3.8) is 0 Å². The van der Waals surface area contributed by atoms with Crippen LogP contribution in [0.1, 0.15) is 20.8 Å². The summed E-state index contributed by atoms with van der Waals surface area (Å²) in [6.45, 7) is 6.12. The molecule has 17 heavy (non-hydrogen) atoms. The van der Waals surface area contributed by atoms with Crippen LogP contribution in [0.2, 0.25) is 0 Å². The zero-order chi connectivity index (χ0) is 13.1. The van der Waals surface area contributed by atoms with Crippen LogP contribution in [-0.4, -0.2) is 48.3 Å². The fourth-order valence-corrected chi connectivity index (χ4v) is 1.46. The molecule has 1 rings (SSSR count). The van der Waals surface area contributed by atoms with Crippen LogP contribution >= 0.6 is 0 Å². The summed E-state index contributed by atoms with van der Waals surface area (Å²) < 4.78 is 10.4. The van der Waals surface area contributed by atoms with Gasteiger partial charge in [-0.15, -0.1) is 0 Å². The van der Waals surface area contributed by atoms with Crippen LogP contribution in [0.15, 0.2) is 0 Å². The Morgan fingerprint density at radius 3 is 2.65 bits per heavy atom. The molecule has 0 aliphatic carbocycles. The van der Waals surface area contributed by atoms with Gasteiger partial charge < -0.3 is 9.47 Å². The lowest BCUT2D eigenvalue weighted by Gasteiger charge is -2.35. The molecular formula is C10H19N3O4. The van der Waals surface area contributed by atoms with E-state index in [9.17, 15) is 9.59 Å². The quantitative estimate of drug-likeness (QED) is 0.373. The molecule has 0 saturated carbocycles. The standard InChI is InChI=1S/C10H19N3O4/c1-10(2,3)17-9(15)13-4-5-16-6-7(13)8(14)12-11/h7H,4-6,11H2,1-3H3,(H,12,14). The lowest BCUT2D eigenvalue weighted by atomic mass is 10.2. The van der Waals surface area contributed by atoms with Gasteiger partial charge in [0.1, 0.15) is 11.6 Å². The number of amides is 2. The maximum Gasteiger partial charge on any atom is 0.411 e. The van der Waals surface area contributed by atoms with Gasteiger partial charge in [0.25, 0.3) is 5.91 Å². The van der Waals surface area contributed by atoms with Crippen molar-refractivity contribution in [2.45, 2.75) is 32.4 Å². The normalized spacial score (nSPS) is 20.9. The van der Waals surface area contributed by atoms with Gasteiger partial charge in [0.2, 0.25) is 0 Å². The minimum absolute atomic E-state index is 0.127. The lowest BCUT2D eigenvalue weighted by Crippen LogP contribution is -2.57. The molecular weight excluding hydrogens is 226 g/mol. The summed E-state index contributed by atoms with van der Waals surface area (Å²) in [5.41, 5.74) is 1.42. The highest BCUT2D eigenvalue weighted by Gasteiger charge is 2.35. The Labute approximate surface area is 100 Å². The molecule has 0 bridgehead atoms. The minimum Gasteiger partial charge on any atom is -0.444 e. The average molecular weight is 245 g/mol. The Morgan fingerprint density at radius 1 is 1.47 bits per heavy atom. The third-order valence-corrected chi connectivity index (χ3v) is 2.20. The SMILES string of the molecule is CC(C)(C)OC(=O)N1CCOCC1C(=O)NN. The molecule has 2 amide bonds. The molecule has 1 unspecified atom stereocenters. The van der Waals surface area contributed by atoms with Gasteiger partial charge in [-0.25, -0.2) is 10.6 Å². The topological polar surface area (TPSA) is 93.9 Å². The van der Waals surface area contributed by atoms with Gasteiger partial charge >= 0.3 is 6.09 Å². The Bertz CT molecular complexity index is 300. The van der Waals surface area contributed by atoms with Crippen molar-refractivity contribution in [2.24, 2.45) is 5.84 Å². The number of nitrogens with one attached hydrogen (secondary N) is 1. The largest absolute Gasteiger partial charge is 0.444 e. The molecule has 0 radical (unpaired) electrons. The molecule has 3 N–H and O–H groups in total. The number of carbonyl (C=O) groups is 2. The van der Waals surface area contributed by atoms with Crippen LogP contribution in [-0.2, 0) is 14.3 Å². The van der Waals surface area contributed by atoms with E-state index in [0.29, 0.717) is 13.2 Å². The summed E-state index contributed by atoms with van der Waals surface area (Å²) in [7, 11) is 0. The van der Waals surface area contributed by atoms with Crippen LogP contribution < -0.4 is 11.3 Å². The van der Waals surface area contributed by atoms with Gasteiger partial charge in [-0.3, -0.25) is 15.1 Å². The van der Waals surface area contributed by atoms with Crippen LogP contribution in [0, 0.1) is 0 Å².